The van der Waals surface area contributed by atoms with E-state index in [0.717, 1.165) is 37.0 Å². The molecule has 1 unspecified atom stereocenters. The number of carbonyl (C=O) groups is 1. The molecule has 0 saturated heterocycles. The van der Waals surface area contributed by atoms with Gasteiger partial charge in [0.1, 0.15) is 11.9 Å². The Hall–Kier alpha value is -3.06. The summed E-state index contributed by atoms with van der Waals surface area (Å²) in [5.41, 5.74) is 3.30. The highest BCUT2D eigenvalue weighted by molar-refractivity contribution is 14.1. The Morgan fingerprint density at radius 2 is 1.74 bits per heavy atom. The smallest absolute Gasteiger partial charge is 0.262 e. The third kappa shape index (κ3) is 3.53. The molecule has 0 aliphatic carbocycles. The van der Waals surface area contributed by atoms with Gasteiger partial charge in [-0.05, 0) is 65.2 Å². The zero-order valence-electron chi connectivity index (χ0n) is 17.0. The molecule has 0 fully saturated rings. The fourth-order valence-electron chi connectivity index (χ4n) is 4.16. The molecule has 0 radical (unpaired) electrons. The summed E-state index contributed by atoms with van der Waals surface area (Å²) in [5.74, 6) is 0.745. The van der Waals surface area contributed by atoms with Gasteiger partial charge in [0.2, 0.25) is 0 Å². The monoisotopic (exact) mass is 520 g/mol. The van der Waals surface area contributed by atoms with E-state index >= 15 is 0 Å². The third-order valence-electron chi connectivity index (χ3n) is 5.52. The van der Waals surface area contributed by atoms with Gasteiger partial charge in [0.25, 0.3) is 5.91 Å². The summed E-state index contributed by atoms with van der Waals surface area (Å²) in [6.07, 6.45) is -0.395. The van der Waals surface area contributed by atoms with Crippen LogP contribution in [0.25, 0.3) is 10.8 Å². The molecule has 1 N–H and O–H groups in total. The first kappa shape index (κ1) is 19.9. The number of rotatable bonds is 4. The molecule has 0 aromatic heterocycles. The number of benzene rings is 4. The van der Waals surface area contributed by atoms with Gasteiger partial charge in [-0.15, -0.1) is 0 Å². The highest BCUT2D eigenvalue weighted by Crippen LogP contribution is 2.42. The Morgan fingerprint density at radius 1 is 0.968 bits per heavy atom. The number of ether oxygens (including phenoxy) is 1. The van der Waals surface area contributed by atoms with Gasteiger partial charge in [-0.25, -0.2) is 0 Å². The Labute approximate surface area is 195 Å². The van der Waals surface area contributed by atoms with Gasteiger partial charge >= 0.3 is 0 Å². The number of fused-ring (bicyclic) bond motifs is 2. The molecular weight excluding hydrogens is 499 g/mol. The normalized spacial score (nSPS) is 15.5. The second-order valence-electron chi connectivity index (χ2n) is 7.38. The number of halogens is 1. The summed E-state index contributed by atoms with van der Waals surface area (Å²) in [7, 11) is 0. The molecule has 1 heterocycles. The predicted octanol–water partition coefficient (Wildman–Crippen LogP) is 6.61. The van der Waals surface area contributed by atoms with Crippen molar-refractivity contribution in [3.05, 3.63) is 99.6 Å². The Balaban J connectivity index is 1.75. The van der Waals surface area contributed by atoms with Crippen molar-refractivity contribution in [2.45, 2.75) is 13.1 Å². The van der Waals surface area contributed by atoms with Crippen molar-refractivity contribution in [2.24, 2.45) is 0 Å². The van der Waals surface area contributed by atoms with Crippen molar-refractivity contribution in [3.63, 3.8) is 0 Å². The minimum Gasteiger partial charge on any atom is -0.493 e. The summed E-state index contributed by atoms with van der Waals surface area (Å²) in [6.45, 7) is 2.52. The number of para-hydroxylation sites is 1. The molecule has 5 heteroatoms. The summed E-state index contributed by atoms with van der Waals surface area (Å²) in [6, 6.07) is 28.1. The zero-order chi connectivity index (χ0) is 21.4. The lowest BCUT2D eigenvalue weighted by atomic mass is 10.00. The van der Waals surface area contributed by atoms with Crippen molar-refractivity contribution in [1.29, 1.82) is 0 Å². The van der Waals surface area contributed by atoms with Crippen molar-refractivity contribution >= 4 is 50.6 Å². The van der Waals surface area contributed by atoms with Crippen molar-refractivity contribution in [2.75, 3.05) is 16.8 Å². The maximum Gasteiger partial charge on any atom is 0.262 e. The van der Waals surface area contributed by atoms with Gasteiger partial charge in [0.05, 0.1) is 17.9 Å². The topological polar surface area (TPSA) is 41.6 Å². The standard InChI is InChI=1S/C26H21IN2O2/c1-2-31-24-13-6-5-11-20(24)25-28-22-15-14-18(27)16-21(22)26(30)29(25)23-12-7-9-17-8-3-4-10-19(17)23/h3-16,25,28H,2H2,1H3. The van der Waals surface area contributed by atoms with Gasteiger partial charge in [0, 0.05) is 20.2 Å². The fraction of sp³-hybridized carbons (Fsp3) is 0.115. The molecule has 4 aromatic rings. The first-order chi connectivity index (χ1) is 15.2. The van der Waals surface area contributed by atoms with Crippen LogP contribution in [-0.4, -0.2) is 12.5 Å². The Kier molecular flexibility index (Phi) is 5.28. The van der Waals surface area contributed by atoms with Crippen LogP contribution in [0.2, 0.25) is 0 Å². The lowest BCUT2D eigenvalue weighted by Gasteiger charge is -2.39. The molecule has 31 heavy (non-hydrogen) atoms. The average molecular weight is 520 g/mol. The maximum absolute atomic E-state index is 13.9. The Bertz CT molecular complexity index is 1280. The van der Waals surface area contributed by atoms with E-state index in [4.69, 9.17) is 4.74 Å². The molecule has 0 spiro atoms. The van der Waals surface area contributed by atoms with Crippen LogP contribution in [-0.2, 0) is 0 Å². The zero-order valence-corrected chi connectivity index (χ0v) is 19.2. The van der Waals surface area contributed by atoms with Gasteiger partial charge in [-0.3, -0.25) is 9.69 Å². The summed E-state index contributed by atoms with van der Waals surface area (Å²) >= 11 is 2.25. The molecule has 1 aliphatic heterocycles. The van der Waals surface area contributed by atoms with E-state index < -0.39 is 6.17 Å². The van der Waals surface area contributed by atoms with E-state index in [2.05, 4.69) is 46.1 Å². The van der Waals surface area contributed by atoms with Crippen LogP contribution in [0.5, 0.6) is 5.75 Å². The molecule has 1 aliphatic rings. The summed E-state index contributed by atoms with van der Waals surface area (Å²) in [5, 5.41) is 5.74. The lowest BCUT2D eigenvalue weighted by Crippen LogP contribution is -2.43. The van der Waals surface area contributed by atoms with E-state index in [-0.39, 0.29) is 5.91 Å². The number of anilines is 2. The number of hydrogen-bond acceptors (Lipinski definition) is 3. The van der Waals surface area contributed by atoms with Crippen molar-refractivity contribution < 1.29 is 9.53 Å². The number of nitrogens with one attached hydrogen (secondary N) is 1. The second kappa shape index (κ2) is 8.23. The van der Waals surface area contributed by atoms with E-state index in [1.807, 2.05) is 78.6 Å². The van der Waals surface area contributed by atoms with Crippen LogP contribution in [0, 0.1) is 3.57 Å². The fourth-order valence-corrected chi connectivity index (χ4v) is 4.65. The van der Waals surface area contributed by atoms with Gasteiger partial charge < -0.3 is 10.1 Å². The van der Waals surface area contributed by atoms with Crippen LogP contribution in [0.3, 0.4) is 0 Å². The Morgan fingerprint density at radius 3 is 2.61 bits per heavy atom. The molecule has 0 bridgehead atoms. The van der Waals surface area contributed by atoms with Gasteiger partial charge in [-0.2, -0.15) is 0 Å². The van der Waals surface area contributed by atoms with Crippen molar-refractivity contribution in [3.8, 4) is 5.75 Å². The number of hydrogen-bond donors (Lipinski definition) is 1. The number of carbonyl (C=O) groups excluding carboxylic acids is 1. The minimum absolute atomic E-state index is 0.0279. The van der Waals surface area contributed by atoms with Crippen LogP contribution < -0.4 is 15.0 Å². The summed E-state index contributed by atoms with van der Waals surface area (Å²) in [4.78, 5) is 15.8. The van der Waals surface area contributed by atoms with Crippen LogP contribution in [0.4, 0.5) is 11.4 Å². The molecule has 154 valence electrons. The molecule has 4 aromatic carbocycles. The van der Waals surface area contributed by atoms with Gasteiger partial charge in [0.15, 0.2) is 0 Å². The van der Waals surface area contributed by atoms with Crippen LogP contribution >= 0.6 is 22.6 Å². The second-order valence-corrected chi connectivity index (χ2v) is 8.63. The van der Waals surface area contributed by atoms with E-state index in [1.165, 1.54) is 0 Å². The molecular formula is C26H21IN2O2. The first-order valence-corrected chi connectivity index (χ1v) is 11.3. The highest BCUT2D eigenvalue weighted by Gasteiger charge is 2.36. The number of amides is 1. The van der Waals surface area contributed by atoms with E-state index in [1.54, 1.807) is 0 Å². The maximum atomic E-state index is 13.9. The van der Waals surface area contributed by atoms with Crippen molar-refractivity contribution in [1.82, 2.24) is 0 Å². The molecule has 4 nitrogen and oxygen atoms in total. The lowest BCUT2D eigenvalue weighted by molar-refractivity contribution is 0.0975. The van der Waals surface area contributed by atoms with E-state index in [0.29, 0.717) is 12.2 Å². The van der Waals surface area contributed by atoms with E-state index in [9.17, 15) is 4.79 Å². The number of nitrogens with zero attached hydrogens (tertiary/aromatic N) is 1. The minimum atomic E-state index is -0.395. The predicted molar refractivity (Wildman–Crippen MR) is 134 cm³/mol. The summed E-state index contributed by atoms with van der Waals surface area (Å²) < 4.78 is 6.95. The SMILES string of the molecule is CCOc1ccccc1C1Nc2ccc(I)cc2C(=O)N1c1cccc2ccccc12. The van der Waals surface area contributed by atoms with Gasteiger partial charge in [-0.1, -0.05) is 54.6 Å². The molecule has 5 rings (SSSR count). The molecule has 1 amide bonds. The average Bonchev–Trinajstić information content (AvgIpc) is 2.80. The largest absolute Gasteiger partial charge is 0.493 e. The molecule has 1 atom stereocenters. The van der Waals surface area contributed by atoms with Crippen LogP contribution in [0.15, 0.2) is 84.9 Å². The molecule has 0 saturated carbocycles. The van der Waals surface area contributed by atoms with Crippen LogP contribution in [0.1, 0.15) is 29.0 Å². The highest BCUT2D eigenvalue weighted by atomic mass is 127. The third-order valence-corrected chi connectivity index (χ3v) is 6.19. The quantitative estimate of drug-likeness (QED) is 0.308. The first-order valence-electron chi connectivity index (χ1n) is 10.3.